The maximum atomic E-state index is 14.5. The molecule has 4 rings (SSSR count). The summed E-state index contributed by atoms with van der Waals surface area (Å²) in [6.07, 6.45) is 8.18. The topological polar surface area (TPSA) is 105 Å². The van der Waals surface area contributed by atoms with Crippen LogP contribution in [0.4, 0.5) is 10.2 Å². The van der Waals surface area contributed by atoms with Crippen molar-refractivity contribution in [1.29, 1.82) is 0 Å². The summed E-state index contributed by atoms with van der Waals surface area (Å²) in [5, 5.41) is 7.50. The molecular formula is C21H24ClFN6O2. The number of ether oxygens (including phenoxy) is 1. The van der Waals surface area contributed by atoms with Gasteiger partial charge in [0.1, 0.15) is 5.65 Å². The molecule has 0 spiro atoms. The predicted octanol–water partition coefficient (Wildman–Crippen LogP) is 3.69. The number of carbonyl (C=O) groups excluding carboxylic acids is 1. The number of nitrogens with zero attached hydrogens (tertiary/aromatic N) is 3. The number of halogens is 2. The smallest absolute Gasteiger partial charge is 0.222 e. The van der Waals surface area contributed by atoms with Crippen molar-refractivity contribution in [2.45, 2.75) is 44.2 Å². The van der Waals surface area contributed by atoms with Crippen molar-refractivity contribution < 1.29 is 13.9 Å². The van der Waals surface area contributed by atoms with Crippen molar-refractivity contribution in [3.63, 3.8) is 0 Å². The van der Waals surface area contributed by atoms with Crippen molar-refractivity contribution in [3.05, 3.63) is 35.5 Å². The zero-order chi connectivity index (χ0) is 21.8. The van der Waals surface area contributed by atoms with Gasteiger partial charge in [-0.1, -0.05) is 11.6 Å². The summed E-state index contributed by atoms with van der Waals surface area (Å²) in [6, 6.07) is 1.81. The monoisotopic (exact) mass is 446 g/mol. The highest BCUT2D eigenvalue weighted by atomic mass is 35.5. The molecule has 3 N–H and O–H groups in total. The fourth-order valence-corrected chi connectivity index (χ4v) is 4.06. The van der Waals surface area contributed by atoms with Crippen LogP contribution in [0.2, 0.25) is 5.02 Å². The van der Waals surface area contributed by atoms with E-state index in [1.54, 1.807) is 25.6 Å². The lowest BCUT2D eigenvalue weighted by Crippen LogP contribution is -2.42. The molecule has 0 saturated heterocycles. The Bertz CT molecular complexity index is 1080. The lowest BCUT2D eigenvalue weighted by Gasteiger charge is -2.30. The summed E-state index contributed by atoms with van der Waals surface area (Å²) < 4.78 is 19.4. The van der Waals surface area contributed by atoms with E-state index >= 15 is 0 Å². The Morgan fingerprint density at radius 1 is 1.32 bits per heavy atom. The third-order valence-corrected chi connectivity index (χ3v) is 5.60. The van der Waals surface area contributed by atoms with Crippen LogP contribution in [-0.4, -0.2) is 51.6 Å². The summed E-state index contributed by atoms with van der Waals surface area (Å²) in [4.78, 5) is 27.9. The second-order valence-corrected chi connectivity index (χ2v) is 8.09. The quantitative estimate of drug-likeness (QED) is 0.511. The molecule has 1 aliphatic rings. The van der Waals surface area contributed by atoms with Crippen LogP contribution < -0.4 is 10.6 Å². The minimum atomic E-state index is -0.522. The number of rotatable bonds is 7. The molecule has 31 heavy (non-hydrogen) atoms. The molecule has 1 unspecified atom stereocenters. The third kappa shape index (κ3) is 5.11. The Morgan fingerprint density at radius 3 is 3.00 bits per heavy atom. The largest absolute Gasteiger partial charge is 0.384 e. The van der Waals surface area contributed by atoms with Gasteiger partial charge in [-0.25, -0.2) is 19.3 Å². The van der Waals surface area contributed by atoms with E-state index in [2.05, 4.69) is 30.6 Å². The molecule has 2 atom stereocenters. The Morgan fingerprint density at radius 2 is 2.16 bits per heavy atom. The first-order valence-corrected chi connectivity index (χ1v) is 10.6. The number of hydrogen-bond donors (Lipinski definition) is 3. The molecule has 0 aliphatic heterocycles. The molecule has 1 fully saturated rings. The number of aromatic amines is 1. The van der Waals surface area contributed by atoms with Crippen LogP contribution in [0.15, 0.2) is 24.7 Å². The lowest BCUT2D eigenvalue weighted by molar-refractivity contribution is -0.122. The van der Waals surface area contributed by atoms with E-state index in [-0.39, 0.29) is 23.8 Å². The van der Waals surface area contributed by atoms with Gasteiger partial charge in [-0.15, -0.1) is 0 Å². The van der Waals surface area contributed by atoms with Crippen molar-refractivity contribution in [3.8, 4) is 11.4 Å². The SMILES string of the molecule is COCCC(=O)N[C@@H]1CCCC(Nc2nc(-c3c[nH]c4ncc(Cl)cc34)ncc2F)C1. The maximum absolute atomic E-state index is 14.5. The van der Waals surface area contributed by atoms with Gasteiger partial charge in [-0.05, 0) is 31.7 Å². The van der Waals surface area contributed by atoms with Gasteiger partial charge in [0.2, 0.25) is 5.91 Å². The van der Waals surface area contributed by atoms with E-state index < -0.39 is 5.82 Å². The second-order valence-electron chi connectivity index (χ2n) is 7.66. The van der Waals surface area contributed by atoms with Gasteiger partial charge in [0.05, 0.1) is 17.8 Å². The van der Waals surface area contributed by atoms with Crippen LogP contribution in [0.5, 0.6) is 0 Å². The Hall–Kier alpha value is -2.78. The molecule has 164 valence electrons. The summed E-state index contributed by atoms with van der Waals surface area (Å²) in [5.41, 5.74) is 1.35. The molecule has 0 radical (unpaired) electrons. The van der Waals surface area contributed by atoms with E-state index in [9.17, 15) is 9.18 Å². The van der Waals surface area contributed by atoms with E-state index in [1.165, 1.54) is 0 Å². The zero-order valence-electron chi connectivity index (χ0n) is 17.1. The van der Waals surface area contributed by atoms with Crippen LogP contribution >= 0.6 is 11.6 Å². The first-order valence-electron chi connectivity index (χ1n) is 10.2. The number of H-pyrrole nitrogens is 1. The molecule has 3 aromatic rings. The average molecular weight is 447 g/mol. The Labute approximate surface area is 184 Å². The van der Waals surface area contributed by atoms with Gasteiger partial charge in [0.15, 0.2) is 17.5 Å². The molecule has 0 bridgehead atoms. The highest BCUT2D eigenvalue weighted by molar-refractivity contribution is 6.31. The number of nitrogens with one attached hydrogen (secondary N) is 3. The molecule has 8 nitrogen and oxygen atoms in total. The Balaban J connectivity index is 1.48. The maximum Gasteiger partial charge on any atom is 0.222 e. The number of aromatic nitrogens is 4. The van der Waals surface area contributed by atoms with Crippen LogP contribution in [0.1, 0.15) is 32.1 Å². The minimum Gasteiger partial charge on any atom is -0.384 e. The predicted molar refractivity (Wildman–Crippen MR) is 116 cm³/mol. The van der Waals surface area contributed by atoms with E-state index in [4.69, 9.17) is 16.3 Å². The third-order valence-electron chi connectivity index (χ3n) is 5.40. The van der Waals surface area contributed by atoms with Gasteiger partial charge in [-0.2, -0.15) is 0 Å². The molecule has 10 heteroatoms. The molecule has 0 aromatic carbocycles. The lowest BCUT2D eigenvalue weighted by atomic mass is 9.91. The molecule has 1 amide bonds. The molecule has 3 aromatic heterocycles. The summed E-state index contributed by atoms with van der Waals surface area (Å²) in [5.74, 6) is -0.0363. The van der Waals surface area contributed by atoms with Crippen LogP contribution in [0.25, 0.3) is 22.4 Å². The Kier molecular flexibility index (Phi) is 6.62. The highest BCUT2D eigenvalue weighted by Gasteiger charge is 2.24. The molecule has 1 aliphatic carbocycles. The number of hydrogen-bond acceptors (Lipinski definition) is 6. The van der Waals surface area contributed by atoms with Gasteiger partial charge in [0.25, 0.3) is 0 Å². The van der Waals surface area contributed by atoms with Crippen LogP contribution in [0, 0.1) is 5.82 Å². The van der Waals surface area contributed by atoms with Crippen molar-refractivity contribution in [2.75, 3.05) is 19.0 Å². The fraction of sp³-hybridized carbons (Fsp3) is 0.429. The number of fused-ring (bicyclic) bond motifs is 1. The van der Waals surface area contributed by atoms with E-state index in [0.717, 1.165) is 30.8 Å². The first kappa shape index (κ1) is 21.5. The second kappa shape index (κ2) is 9.57. The molecular weight excluding hydrogens is 423 g/mol. The summed E-state index contributed by atoms with van der Waals surface area (Å²) in [6.45, 7) is 0.393. The van der Waals surface area contributed by atoms with Gasteiger partial charge < -0.3 is 20.4 Å². The summed E-state index contributed by atoms with van der Waals surface area (Å²) >= 11 is 6.07. The van der Waals surface area contributed by atoms with Gasteiger partial charge >= 0.3 is 0 Å². The zero-order valence-corrected chi connectivity index (χ0v) is 17.9. The standard InChI is InChI=1S/C21H24ClFN6O2/c1-31-6-5-18(30)27-13-3-2-4-14(8-13)28-21-17(23)11-26-20(29-21)16-10-25-19-15(16)7-12(22)9-24-19/h7,9-11,13-14H,2-6,8H2,1H3,(H,24,25)(H,27,30)(H,26,28,29)/t13-,14?/m1/s1. The van der Waals surface area contributed by atoms with E-state index in [0.29, 0.717) is 41.5 Å². The highest BCUT2D eigenvalue weighted by Crippen LogP contribution is 2.29. The number of pyridine rings is 1. The number of anilines is 1. The number of amides is 1. The average Bonchev–Trinajstić information content (AvgIpc) is 3.17. The minimum absolute atomic E-state index is 0.00203. The molecule has 3 heterocycles. The number of carbonyl (C=O) groups is 1. The fourth-order valence-electron chi connectivity index (χ4n) is 3.90. The van der Waals surface area contributed by atoms with E-state index in [1.807, 2.05) is 0 Å². The summed E-state index contributed by atoms with van der Waals surface area (Å²) in [7, 11) is 1.57. The normalized spacial score (nSPS) is 18.8. The number of methoxy groups -OCH3 is 1. The van der Waals surface area contributed by atoms with Crippen molar-refractivity contribution >= 4 is 34.4 Å². The van der Waals surface area contributed by atoms with Crippen molar-refractivity contribution in [1.82, 2.24) is 25.3 Å². The van der Waals surface area contributed by atoms with Crippen molar-refractivity contribution in [2.24, 2.45) is 0 Å². The first-order chi connectivity index (χ1) is 15.0. The van der Waals surface area contributed by atoms with Crippen LogP contribution in [-0.2, 0) is 9.53 Å². The van der Waals surface area contributed by atoms with Gasteiger partial charge in [-0.3, -0.25) is 4.79 Å². The van der Waals surface area contributed by atoms with Gasteiger partial charge in [0, 0.05) is 49.0 Å². The molecule has 1 saturated carbocycles. The van der Waals surface area contributed by atoms with Crippen LogP contribution in [0.3, 0.4) is 0 Å².